The summed E-state index contributed by atoms with van der Waals surface area (Å²) in [4.78, 5) is 26.9. The average molecular weight is 445 g/mol. The molecule has 6 N–H and O–H groups in total. The highest BCUT2D eigenvalue weighted by Crippen LogP contribution is 2.42. The van der Waals surface area contributed by atoms with E-state index < -0.39 is 5.41 Å². The number of carbonyl (C=O) groups excluding carboxylic acids is 2. The molecule has 0 radical (unpaired) electrons. The van der Waals surface area contributed by atoms with Crippen LogP contribution >= 0.6 is 15.9 Å². The van der Waals surface area contributed by atoms with Gasteiger partial charge in [-0.3, -0.25) is 9.59 Å². The van der Waals surface area contributed by atoms with E-state index in [2.05, 4.69) is 31.8 Å². The monoisotopic (exact) mass is 444 g/mol. The number of amidine groups is 1. The summed E-state index contributed by atoms with van der Waals surface area (Å²) in [6.07, 6.45) is 0. The van der Waals surface area contributed by atoms with Crippen molar-refractivity contribution < 1.29 is 9.59 Å². The first-order valence-corrected chi connectivity index (χ1v) is 9.34. The summed E-state index contributed by atoms with van der Waals surface area (Å²) in [5.41, 5.74) is 4.62. The van der Waals surface area contributed by atoms with Gasteiger partial charge in [-0.1, -0.05) is 15.9 Å². The van der Waals surface area contributed by atoms with Crippen LogP contribution in [0.5, 0.6) is 0 Å². The number of hydrogen-bond acceptors (Lipinski definition) is 5. The summed E-state index contributed by atoms with van der Waals surface area (Å²) < 4.78 is 0.894. The molecule has 1 heterocycles. The summed E-state index contributed by atoms with van der Waals surface area (Å²) in [5.74, 6) is 10.5. The van der Waals surface area contributed by atoms with Crippen molar-refractivity contribution in [2.75, 3.05) is 16.8 Å². The van der Waals surface area contributed by atoms with Gasteiger partial charge in [0.15, 0.2) is 5.84 Å². The van der Waals surface area contributed by atoms with Crippen molar-refractivity contribution in [3.8, 4) is 0 Å². The zero-order chi connectivity index (χ0) is 20.5. The van der Waals surface area contributed by atoms with Crippen molar-refractivity contribution in [2.45, 2.75) is 19.3 Å². The summed E-state index contributed by atoms with van der Waals surface area (Å²) in [5, 5.41) is 6.33. The Labute approximate surface area is 171 Å². The molecule has 8 nitrogen and oxygen atoms in total. The standard InChI is InChI=1S/C19H21BrN6O2/c1-19(2)14-9-12(20)5-8-15(14)26(18(19)28)10-16(27)23-13-6-3-11(4-7-13)17(24-21)25-22/h3-9H,10,21-22H2,1-2H3,(H,23,27)(H,24,25). The molecule has 1 aliphatic rings. The molecule has 2 amide bonds. The number of nitrogens with one attached hydrogen (secondary N) is 2. The SMILES string of the molecule is CC1(C)C(=O)N(CC(=O)Nc2ccc(/C(=N/N)NN)cc2)c2ccc(Br)cc21. The molecule has 0 aliphatic carbocycles. The van der Waals surface area contributed by atoms with Gasteiger partial charge in [0.05, 0.1) is 5.41 Å². The number of hydrazone groups is 1. The van der Waals surface area contributed by atoms with Crippen LogP contribution in [0.1, 0.15) is 25.0 Å². The Morgan fingerprint density at radius 1 is 1.21 bits per heavy atom. The van der Waals surface area contributed by atoms with E-state index in [-0.39, 0.29) is 18.4 Å². The molecule has 0 saturated heterocycles. The van der Waals surface area contributed by atoms with E-state index in [1.165, 1.54) is 4.90 Å². The molecule has 0 spiro atoms. The molecule has 0 atom stereocenters. The van der Waals surface area contributed by atoms with Crippen molar-refractivity contribution >= 4 is 45.0 Å². The summed E-state index contributed by atoms with van der Waals surface area (Å²) in [6, 6.07) is 12.5. The summed E-state index contributed by atoms with van der Waals surface area (Å²) in [6.45, 7) is 3.65. The highest BCUT2D eigenvalue weighted by atomic mass is 79.9. The Morgan fingerprint density at radius 3 is 2.50 bits per heavy atom. The van der Waals surface area contributed by atoms with Crippen LogP contribution in [0.3, 0.4) is 0 Å². The summed E-state index contributed by atoms with van der Waals surface area (Å²) in [7, 11) is 0. The molecule has 2 aromatic rings. The number of fused-ring (bicyclic) bond motifs is 1. The highest BCUT2D eigenvalue weighted by molar-refractivity contribution is 9.10. The Bertz CT molecular complexity index is 955. The van der Waals surface area contributed by atoms with Gasteiger partial charge in [-0.2, -0.15) is 5.10 Å². The maximum absolute atomic E-state index is 12.9. The lowest BCUT2D eigenvalue weighted by Crippen LogP contribution is -2.40. The fourth-order valence-corrected chi connectivity index (χ4v) is 3.57. The number of rotatable bonds is 4. The van der Waals surface area contributed by atoms with Crippen LogP contribution in [0.25, 0.3) is 0 Å². The molecule has 0 unspecified atom stereocenters. The molecule has 28 heavy (non-hydrogen) atoms. The maximum atomic E-state index is 12.9. The zero-order valence-corrected chi connectivity index (χ0v) is 17.1. The van der Waals surface area contributed by atoms with E-state index >= 15 is 0 Å². The minimum atomic E-state index is -0.686. The highest BCUT2D eigenvalue weighted by Gasteiger charge is 2.44. The maximum Gasteiger partial charge on any atom is 0.244 e. The largest absolute Gasteiger partial charge is 0.325 e. The number of benzene rings is 2. The quantitative estimate of drug-likeness (QED) is 0.247. The molecule has 1 aliphatic heterocycles. The van der Waals surface area contributed by atoms with Crippen LogP contribution in [0.4, 0.5) is 11.4 Å². The van der Waals surface area contributed by atoms with E-state index in [0.29, 0.717) is 17.1 Å². The van der Waals surface area contributed by atoms with Crippen LogP contribution in [0.2, 0.25) is 0 Å². The van der Waals surface area contributed by atoms with Crippen LogP contribution in [-0.2, 0) is 15.0 Å². The number of nitrogens with two attached hydrogens (primary N) is 2. The fraction of sp³-hybridized carbons (Fsp3) is 0.211. The lowest BCUT2D eigenvalue weighted by atomic mass is 9.86. The minimum Gasteiger partial charge on any atom is -0.325 e. The first kappa shape index (κ1) is 19.8. The lowest BCUT2D eigenvalue weighted by Gasteiger charge is -2.20. The Hall–Kier alpha value is -2.91. The fourth-order valence-electron chi connectivity index (χ4n) is 3.21. The van der Waals surface area contributed by atoms with Gasteiger partial charge < -0.3 is 21.5 Å². The van der Waals surface area contributed by atoms with E-state index in [1.54, 1.807) is 24.3 Å². The number of amides is 2. The third kappa shape index (κ3) is 3.58. The molecule has 3 rings (SSSR count). The van der Waals surface area contributed by atoms with Crippen LogP contribution in [-0.4, -0.2) is 24.2 Å². The van der Waals surface area contributed by atoms with Gasteiger partial charge >= 0.3 is 0 Å². The predicted molar refractivity (Wildman–Crippen MR) is 113 cm³/mol. The number of halogens is 1. The molecule has 2 aromatic carbocycles. The molecular formula is C19H21BrN6O2. The van der Waals surface area contributed by atoms with Crippen molar-refractivity contribution in [2.24, 2.45) is 16.8 Å². The van der Waals surface area contributed by atoms with E-state index in [1.807, 2.05) is 32.0 Å². The van der Waals surface area contributed by atoms with Gasteiger partial charge in [0.25, 0.3) is 0 Å². The van der Waals surface area contributed by atoms with Crippen LogP contribution in [0.15, 0.2) is 52.0 Å². The summed E-state index contributed by atoms with van der Waals surface area (Å²) >= 11 is 3.44. The first-order chi connectivity index (χ1) is 13.3. The van der Waals surface area contributed by atoms with Gasteiger partial charge in [0, 0.05) is 21.4 Å². The van der Waals surface area contributed by atoms with Gasteiger partial charge in [0.1, 0.15) is 6.54 Å². The lowest BCUT2D eigenvalue weighted by molar-refractivity contribution is -0.124. The molecule has 146 valence electrons. The van der Waals surface area contributed by atoms with Gasteiger partial charge in [-0.05, 0) is 61.9 Å². The topological polar surface area (TPSA) is 126 Å². The number of hydrogen-bond donors (Lipinski definition) is 4. The molecule has 0 saturated carbocycles. The van der Waals surface area contributed by atoms with Gasteiger partial charge in [-0.25, -0.2) is 5.84 Å². The van der Waals surface area contributed by atoms with Gasteiger partial charge in [0.2, 0.25) is 11.8 Å². The van der Waals surface area contributed by atoms with Crippen molar-refractivity contribution in [1.29, 1.82) is 0 Å². The van der Waals surface area contributed by atoms with Crippen molar-refractivity contribution in [1.82, 2.24) is 5.43 Å². The Kier molecular flexibility index (Phi) is 5.39. The second-order valence-electron chi connectivity index (χ2n) is 6.93. The second kappa shape index (κ2) is 7.61. The molecular weight excluding hydrogens is 424 g/mol. The molecule has 0 bridgehead atoms. The third-order valence-corrected chi connectivity index (χ3v) is 5.21. The molecule has 0 fully saturated rings. The molecule has 9 heteroatoms. The number of carbonyl (C=O) groups is 2. The number of hydrazine groups is 1. The number of nitrogens with zero attached hydrogens (tertiary/aromatic N) is 2. The van der Waals surface area contributed by atoms with Crippen molar-refractivity contribution in [3.63, 3.8) is 0 Å². The van der Waals surface area contributed by atoms with E-state index in [4.69, 9.17) is 11.7 Å². The van der Waals surface area contributed by atoms with Gasteiger partial charge in [-0.15, -0.1) is 0 Å². The zero-order valence-electron chi connectivity index (χ0n) is 15.5. The predicted octanol–water partition coefficient (Wildman–Crippen LogP) is 1.80. The van der Waals surface area contributed by atoms with Crippen LogP contribution in [0, 0.1) is 0 Å². The number of anilines is 2. The Morgan fingerprint density at radius 2 is 1.89 bits per heavy atom. The second-order valence-corrected chi connectivity index (χ2v) is 7.84. The van der Waals surface area contributed by atoms with E-state index in [0.717, 1.165) is 15.7 Å². The van der Waals surface area contributed by atoms with Crippen LogP contribution < -0.4 is 27.3 Å². The van der Waals surface area contributed by atoms with Crippen molar-refractivity contribution in [3.05, 3.63) is 58.1 Å². The third-order valence-electron chi connectivity index (χ3n) is 4.71. The molecule has 0 aromatic heterocycles. The normalized spacial score (nSPS) is 15.4. The smallest absolute Gasteiger partial charge is 0.244 e. The Balaban J connectivity index is 1.75. The van der Waals surface area contributed by atoms with E-state index in [9.17, 15) is 9.59 Å². The minimum absolute atomic E-state index is 0.0709. The first-order valence-electron chi connectivity index (χ1n) is 8.54. The average Bonchev–Trinajstić information content (AvgIpc) is 2.85.